The molecule has 3 rings (SSSR count). The second-order valence-electron chi connectivity index (χ2n) is 7.99. The number of nitrogens with two attached hydrogens (primary N) is 1. The number of nitrogens with zero attached hydrogens (tertiary/aromatic N) is 2. The second-order valence-corrected chi connectivity index (χ2v) is 9.89. The molecule has 2 aromatic carbocycles. The van der Waals surface area contributed by atoms with Crippen LogP contribution in [-0.4, -0.2) is 59.9 Å². The third-order valence-electron chi connectivity index (χ3n) is 5.59. The number of rotatable bonds is 6. The van der Waals surface area contributed by atoms with E-state index in [1.807, 2.05) is 23.3 Å². The summed E-state index contributed by atoms with van der Waals surface area (Å²) in [6.07, 6.45) is 3.79. The largest absolute Gasteiger partial charge is 0.385 e. The average Bonchev–Trinajstić information content (AvgIpc) is 2.81. The molecule has 5 nitrogen and oxygen atoms in total. The van der Waals surface area contributed by atoms with Crippen LogP contribution in [0.2, 0.25) is 0 Å². The number of anilines is 1. The van der Waals surface area contributed by atoms with Gasteiger partial charge in [-0.3, -0.25) is 9.69 Å². The van der Waals surface area contributed by atoms with Crippen molar-refractivity contribution in [3.05, 3.63) is 64.1 Å². The summed E-state index contributed by atoms with van der Waals surface area (Å²) in [6, 6.07) is 16.3. The van der Waals surface area contributed by atoms with Gasteiger partial charge in [-0.15, -0.1) is 0 Å². The summed E-state index contributed by atoms with van der Waals surface area (Å²) in [5.41, 5.74) is 9.80. The highest BCUT2D eigenvalue weighted by molar-refractivity contribution is 9.10. The highest BCUT2D eigenvalue weighted by Crippen LogP contribution is 2.24. The maximum atomic E-state index is 13.3. The fourth-order valence-corrected chi connectivity index (χ4v) is 4.74. The number of carbonyl (C=O) groups is 1. The lowest BCUT2D eigenvalue weighted by Crippen LogP contribution is -2.46. The maximum absolute atomic E-state index is 13.3. The molecule has 0 aromatic heterocycles. The Morgan fingerprint density at radius 3 is 2.77 bits per heavy atom. The summed E-state index contributed by atoms with van der Waals surface area (Å²) in [5.74, 6) is 0.934. The molecule has 0 fully saturated rings. The smallest absolute Gasteiger partial charge is 0.239 e. The molecule has 1 heterocycles. The van der Waals surface area contributed by atoms with Crippen LogP contribution in [0.1, 0.15) is 24.0 Å². The molecule has 1 amide bonds. The number of carbonyl (C=O) groups excluding carboxylic acids is 1. The lowest BCUT2D eigenvalue weighted by atomic mass is 10.1. The zero-order chi connectivity index (χ0) is 22.1. The molecule has 0 bridgehead atoms. The predicted octanol–water partition coefficient (Wildman–Crippen LogP) is 4.18. The van der Waals surface area contributed by atoms with Crippen LogP contribution in [0, 0.1) is 0 Å². The van der Waals surface area contributed by atoms with Crippen LogP contribution >= 0.6 is 27.7 Å². The summed E-state index contributed by atoms with van der Waals surface area (Å²) >= 11 is 5.31. The van der Waals surface area contributed by atoms with Gasteiger partial charge in [0, 0.05) is 49.4 Å². The number of fused-ring (bicyclic) bond motifs is 1. The standard InChI is InChI=1S/C24H33BrN4OS/c1-31-15-10-22(26)24(30)29-14-13-28(17-19-6-3-2-4-7-19)12-5-11-27-23-9-8-21(25)16-20(23)18-29/h2-4,6-9,16,22,27H,5,10-15,17-18,26H2,1H3/t22-/m1/s1. The fourth-order valence-electron chi connectivity index (χ4n) is 3.84. The van der Waals surface area contributed by atoms with Crippen LogP contribution in [0.25, 0.3) is 0 Å². The third-order valence-corrected chi connectivity index (χ3v) is 6.73. The normalized spacial score (nSPS) is 16.7. The van der Waals surface area contributed by atoms with Gasteiger partial charge in [0.15, 0.2) is 0 Å². The van der Waals surface area contributed by atoms with Crippen LogP contribution < -0.4 is 11.1 Å². The van der Waals surface area contributed by atoms with Crippen molar-refractivity contribution >= 4 is 39.3 Å². The Kier molecular flexibility index (Phi) is 9.71. The summed E-state index contributed by atoms with van der Waals surface area (Å²) in [5, 5.41) is 3.58. The third kappa shape index (κ3) is 7.52. The summed E-state index contributed by atoms with van der Waals surface area (Å²) in [7, 11) is 0. The van der Waals surface area contributed by atoms with Gasteiger partial charge in [0.25, 0.3) is 0 Å². The number of amides is 1. The molecule has 1 aliphatic rings. The van der Waals surface area contributed by atoms with E-state index in [2.05, 4.69) is 62.5 Å². The molecule has 0 saturated carbocycles. The molecule has 0 radical (unpaired) electrons. The van der Waals surface area contributed by atoms with Gasteiger partial charge < -0.3 is 16.0 Å². The number of hydrogen-bond donors (Lipinski definition) is 2. The van der Waals surface area contributed by atoms with E-state index >= 15 is 0 Å². The number of thioether (sulfide) groups is 1. The second kappa shape index (κ2) is 12.5. The Bertz CT molecular complexity index is 836. The van der Waals surface area contributed by atoms with Crippen molar-refractivity contribution in [2.24, 2.45) is 5.73 Å². The summed E-state index contributed by atoms with van der Waals surface area (Å²) in [4.78, 5) is 17.6. The van der Waals surface area contributed by atoms with Crippen molar-refractivity contribution in [2.75, 3.05) is 43.5 Å². The molecule has 1 atom stereocenters. The molecule has 1 aliphatic heterocycles. The van der Waals surface area contributed by atoms with Crippen molar-refractivity contribution in [1.82, 2.24) is 9.80 Å². The minimum absolute atomic E-state index is 0.0406. The molecule has 2 aromatic rings. The summed E-state index contributed by atoms with van der Waals surface area (Å²) in [6.45, 7) is 4.84. The van der Waals surface area contributed by atoms with Gasteiger partial charge in [-0.05, 0) is 54.2 Å². The van der Waals surface area contributed by atoms with Gasteiger partial charge in [-0.25, -0.2) is 0 Å². The van der Waals surface area contributed by atoms with Gasteiger partial charge >= 0.3 is 0 Å². The molecule has 7 heteroatoms. The number of halogens is 1. The SMILES string of the molecule is CSCC[C@@H](N)C(=O)N1CCN(Cc2ccccc2)CCCNc2ccc(Br)cc2C1. The van der Waals surface area contributed by atoms with Crippen molar-refractivity contribution in [3.63, 3.8) is 0 Å². The minimum Gasteiger partial charge on any atom is -0.385 e. The van der Waals surface area contributed by atoms with Crippen LogP contribution in [0.3, 0.4) is 0 Å². The van der Waals surface area contributed by atoms with Gasteiger partial charge in [0.05, 0.1) is 6.04 Å². The first-order valence-electron chi connectivity index (χ1n) is 10.9. The fraction of sp³-hybridized carbons (Fsp3) is 0.458. The first-order valence-corrected chi connectivity index (χ1v) is 13.1. The van der Waals surface area contributed by atoms with E-state index in [0.29, 0.717) is 19.5 Å². The van der Waals surface area contributed by atoms with Crippen molar-refractivity contribution in [3.8, 4) is 0 Å². The van der Waals surface area contributed by atoms with E-state index in [1.165, 1.54) is 5.56 Å². The lowest BCUT2D eigenvalue weighted by molar-refractivity contribution is -0.133. The van der Waals surface area contributed by atoms with Crippen molar-refractivity contribution in [2.45, 2.75) is 32.0 Å². The molecule has 0 spiro atoms. The Hall–Kier alpha value is -1.54. The first-order chi connectivity index (χ1) is 15.1. The van der Waals surface area contributed by atoms with Crippen molar-refractivity contribution in [1.29, 1.82) is 0 Å². The molecule has 0 saturated heterocycles. The molecular formula is C24H33BrN4OS. The molecule has 31 heavy (non-hydrogen) atoms. The first kappa shape index (κ1) is 24.1. The lowest BCUT2D eigenvalue weighted by Gasteiger charge is -2.29. The Balaban J connectivity index is 1.80. The van der Waals surface area contributed by atoms with E-state index in [9.17, 15) is 4.79 Å². The average molecular weight is 506 g/mol. The zero-order valence-electron chi connectivity index (χ0n) is 18.2. The topological polar surface area (TPSA) is 61.6 Å². The number of hydrogen-bond acceptors (Lipinski definition) is 5. The quantitative estimate of drug-likeness (QED) is 0.617. The van der Waals surface area contributed by atoms with Gasteiger partial charge in [0.2, 0.25) is 5.91 Å². The van der Waals surface area contributed by atoms with Gasteiger partial charge in [-0.1, -0.05) is 46.3 Å². The Morgan fingerprint density at radius 1 is 1.19 bits per heavy atom. The highest BCUT2D eigenvalue weighted by atomic mass is 79.9. The minimum atomic E-state index is -0.455. The van der Waals surface area contributed by atoms with Crippen LogP contribution in [0.15, 0.2) is 53.0 Å². The van der Waals surface area contributed by atoms with E-state index in [4.69, 9.17) is 5.73 Å². The highest BCUT2D eigenvalue weighted by Gasteiger charge is 2.23. The monoisotopic (exact) mass is 504 g/mol. The van der Waals surface area contributed by atoms with Gasteiger partial charge in [-0.2, -0.15) is 11.8 Å². The van der Waals surface area contributed by atoms with E-state index in [0.717, 1.165) is 54.1 Å². The molecule has 168 valence electrons. The maximum Gasteiger partial charge on any atom is 0.239 e. The van der Waals surface area contributed by atoms with Crippen LogP contribution in [0.4, 0.5) is 5.69 Å². The predicted molar refractivity (Wildman–Crippen MR) is 135 cm³/mol. The van der Waals surface area contributed by atoms with Gasteiger partial charge in [0.1, 0.15) is 0 Å². The molecular weight excluding hydrogens is 472 g/mol. The number of nitrogens with one attached hydrogen (secondary N) is 1. The number of benzene rings is 2. The van der Waals surface area contributed by atoms with E-state index in [1.54, 1.807) is 11.8 Å². The van der Waals surface area contributed by atoms with E-state index in [-0.39, 0.29) is 5.91 Å². The molecule has 0 aliphatic carbocycles. The molecule has 0 unspecified atom stereocenters. The van der Waals surface area contributed by atoms with E-state index < -0.39 is 6.04 Å². The Labute approximate surface area is 198 Å². The van der Waals surface area contributed by atoms with Crippen LogP contribution in [-0.2, 0) is 17.9 Å². The Morgan fingerprint density at radius 2 is 2.00 bits per heavy atom. The zero-order valence-corrected chi connectivity index (χ0v) is 20.6. The van der Waals surface area contributed by atoms with Crippen molar-refractivity contribution < 1.29 is 4.79 Å². The van der Waals surface area contributed by atoms with Crippen LogP contribution in [0.5, 0.6) is 0 Å². The summed E-state index contributed by atoms with van der Waals surface area (Å²) < 4.78 is 1.02. The molecule has 3 N–H and O–H groups in total.